The smallest absolute Gasteiger partial charge is 0.326 e. The van der Waals surface area contributed by atoms with Crippen LogP contribution in [0.15, 0.2) is 55.1 Å². The van der Waals surface area contributed by atoms with Gasteiger partial charge in [-0.05, 0) is 12.1 Å². The topological polar surface area (TPSA) is 46.6 Å². The van der Waals surface area contributed by atoms with E-state index in [-0.39, 0.29) is 19.1 Å². The lowest BCUT2D eigenvalue weighted by molar-refractivity contribution is -0.144. The number of esters is 1. The lowest BCUT2D eigenvalue weighted by atomic mass is 10.1. The van der Waals surface area contributed by atoms with E-state index < -0.39 is 5.97 Å². The van der Waals surface area contributed by atoms with Gasteiger partial charge in [0.25, 0.3) is 5.91 Å². The molecule has 0 N–H and O–H groups in total. The zero-order valence-corrected chi connectivity index (χ0v) is 15.3. The van der Waals surface area contributed by atoms with E-state index in [1.165, 1.54) is 16.2 Å². The van der Waals surface area contributed by atoms with E-state index in [0.29, 0.717) is 16.3 Å². The Bertz CT molecular complexity index is 1020. The predicted octanol–water partition coefficient (Wildman–Crippen LogP) is 4.72. The highest BCUT2D eigenvalue weighted by atomic mass is 35.5. The van der Waals surface area contributed by atoms with Gasteiger partial charge >= 0.3 is 5.97 Å². The zero-order chi connectivity index (χ0) is 18.3. The molecule has 130 valence electrons. The highest BCUT2D eigenvalue weighted by Crippen LogP contribution is 2.35. The lowest BCUT2D eigenvalue weighted by Gasteiger charge is -2.16. The maximum absolute atomic E-state index is 12.4. The second-order valence-corrected chi connectivity index (χ2v) is 7.39. The van der Waals surface area contributed by atoms with E-state index >= 15 is 0 Å². The molecule has 2 heterocycles. The van der Waals surface area contributed by atoms with Gasteiger partial charge in [-0.25, -0.2) is 0 Å². The zero-order valence-electron chi connectivity index (χ0n) is 13.7. The van der Waals surface area contributed by atoms with E-state index in [2.05, 4.69) is 6.58 Å². The molecule has 0 aliphatic carbocycles. The number of hydrogen-bond donors (Lipinski definition) is 0. The number of rotatable bonds is 4. The summed E-state index contributed by atoms with van der Waals surface area (Å²) in [6, 6.07) is 14.9. The maximum atomic E-state index is 12.4. The lowest BCUT2D eigenvalue weighted by Crippen LogP contribution is -2.30. The Morgan fingerprint density at radius 3 is 2.54 bits per heavy atom. The third-order valence-corrected chi connectivity index (χ3v) is 5.98. The monoisotopic (exact) mass is 383 g/mol. The molecule has 1 amide bonds. The third kappa shape index (κ3) is 2.79. The molecule has 4 nitrogen and oxygen atoms in total. The summed E-state index contributed by atoms with van der Waals surface area (Å²) in [5, 5.41) is 1.55. The van der Waals surface area contributed by atoms with Crippen LogP contribution in [-0.4, -0.2) is 23.3 Å². The van der Waals surface area contributed by atoms with Crippen LogP contribution in [0.2, 0.25) is 5.02 Å². The molecule has 0 atom stereocenters. The summed E-state index contributed by atoms with van der Waals surface area (Å²) in [4.78, 5) is 26.8. The number of benzene rings is 2. The van der Waals surface area contributed by atoms with Gasteiger partial charge < -0.3 is 4.74 Å². The number of halogens is 1. The summed E-state index contributed by atoms with van der Waals surface area (Å²) in [5.74, 6) is -0.733. The first-order chi connectivity index (χ1) is 12.6. The first-order valence-electron chi connectivity index (χ1n) is 7.98. The van der Waals surface area contributed by atoms with Crippen LogP contribution in [0.5, 0.6) is 0 Å². The maximum Gasteiger partial charge on any atom is 0.326 e. The summed E-state index contributed by atoms with van der Waals surface area (Å²) in [6.45, 7) is 3.83. The molecule has 2 aromatic carbocycles. The van der Waals surface area contributed by atoms with Gasteiger partial charge in [-0.15, -0.1) is 11.3 Å². The molecule has 4 rings (SSSR count). The van der Waals surface area contributed by atoms with Crippen LogP contribution in [0.1, 0.15) is 20.8 Å². The minimum absolute atomic E-state index is 0.0818. The fraction of sp³-hybridized carbons (Fsp3) is 0.100. The summed E-state index contributed by atoms with van der Waals surface area (Å²) >= 11 is 7.85. The average Bonchev–Trinajstić information content (AvgIpc) is 3.10. The Balaban J connectivity index is 1.44. The second-order valence-electron chi connectivity index (χ2n) is 5.88. The fourth-order valence-electron chi connectivity index (χ4n) is 2.98. The van der Waals surface area contributed by atoms with Crippen molar-refractivity contribution in [2.24, 2.45) is 0 Å². The molecule has 26 heavy (non-hydrogen) atoms. The van der Waals surface area contributed by atoms with Crippen molar-refractivity contribution in [1.82, 2.24) is 4.90 Å². The number of amides is 1. The van der Waals surface area contributed by atoms with Gasteiger partial charge in [-0.1, -0.05) is 54.6 Å². The molecule has 1 aromatic heterocycles. The number of fused-ring (bicyclic) bond motifs is 2. The largest absolute Gasteiger partial charge is 0.459 e. The molecular formula is C20H14ClNO3S. The molecule has 1 aliphatic heterocycles. The van der Waals surface area contributed by atoms with E-state index in [1.807, 2.05) is 36.4 Å². The Kier molecular flexibility index (Phi) is 4.26. The molecule has 1 aliphatic rings. The van der Waals surface area contributed by atoms with Crippen LogP contribution in [0, 0.1) is 0 Å². The minimum Gasteiger partial charge on any atom is -0.459 e. The molecule has 0 saturated heterocycles. The SMILES string of the molecule is C=C1c2ccccc2C(=O)N1CC(=O)OCc1sc2ccccc2c1Cl. The number of nitrogens with zero attached hydrogens (tertiary/aromatic N) is 1. The highest BCUT2D eigenvalue weighted by Gasteiger charge is 2.32. The molecule has 0 radical (unpaired) electrons. The van der Waals surface area contributed by atoms with Gasteiger partial charge in [-0.3, -0.25) is 14.5 Å². The number of carbonyl (C=O) groups is 2. The number of thiophene rings is 1. The third-order valence-electron chi connectivity index (χ3n) is 4.29. The van der Waals surface area contributed by atoms with Crippen molar-refractivity contribution in [1.29, 1.82) is 0 Å². The number of ether oxygens (including phenoxy) is 1. The summed E-state index contributed by atoms with van der Waals surface area (Å²) in [6.07, 6.45) is 0. The van der Waals surface area contributed by atoms with Crippen LogP contribution >= 0.6 is 22.9 Å². The Labute approximate surface area is 159 Å². The average molecular weight is 384 g/mol. The van der Waals surface area contributed by atoms with E-state index in [0.717, 1.165) is 20.5 Å². The van der Waals surface area contributed by atoms with Crippen LogP contribution in [0.4, 0.5) is 0 Å². The Hall–Kier alpha value is -2.63. The summed E-state index contributed by atoms with van der Waals surface area (Å²) in [7, 11) is 0. The summed E-state index contributed by atoms with van der Waals surface area (Å²) < 4.78 is 6.39. The summed E-state index contributed by atoms with van der Waals surface area (Å²) in [5.41, 5.74) is 1.82. The van der Waals surface area contributed by atoms with Gasteiger partial charge in [0.2, 0.25) is 0 Å². The van der Waals surface area contributed by atoms with Crippen LogP contribution in [-0.2, 0) is 16.1 Å². The Morgan fingerprint density at radius 2 is 1.81 bits per heavy atom. The van der Waals surface area contributed by atoms with Crippen molar-refractivity contribution in [3.63, 3.8) is 0 Å². The van der Waals surface area contributed by atoms with E-state index in [9.17, 15) is 9.59 Å². The van der Waals surface area contributed by atoms with Crippen molar-refractivity contribution in [3.8, 4) is 0 Å². The minimum atomic E-state index is -0.499. The Morgan fingerprint density at radius 1 is 1.12 bits per heavy atom. The van der Waals surface area contributed by atoms with Crippen molar-refractivity contribution < 1.29 is 14.3 Å². The first kappa shape index (κ1) is 16.8. The normalized spacial score (nSPS) is 13.3. The van der Waals surface area contributed by atoms with Crippen LogP contribution in [0.25, 0.3) is 15.8 Å². The van der Waals surface area contributed by atoms with E-state index in [1.54, 1.807) is 12.1 Å². The van der Waals surface area contributed by atoms with Gasteiger partial charge in [0.1, 0.15) is 13.2 Å². The fourth-order valence-corrected chi connectivity index (χ4v) is 4.38. The number of hydrogen-bond acceptors (Lipinski definition) is 4. The molecule has 0 saturated carbocycles. The molecule has 0 bridgehead atoms. The molecular weight excluding hydrogens is 370 g/mol. The van der Waals surface area contributed by atoms with Gasteiger partial charge in [0.15, 0.2) is 0 Å². The van der Waals surface area contributed by atoms with Crippen LogP contribution < -0.4 is 0 Å². The standard InChI is InChI=1S/C20H14ClNO3S/c1-12-13-6-2-3-7-14(13)20(24)22(12)10-18(23)25-11-17-19(21)15-8-4-5-9-16(15)26-17/h2-9H,1,10-11H2. The molecule has 0 unspecified atom stereocenters. The van der Waals surface area contributed by atoms with E-state index in [4.69, 9.17) is 16.3 Å². The van der Waals surface area contributed by atoms with Crippen molar-refractivity contribution in [2.45, 2.75) is 6.61 Å². The first-order valence-corrected chi connectivity index (χ1v) is 9.17. The van der Waals surface area contributed by atoms with Crippen molar-refractivity contribution in [3.05, 3.63) is 76.1 Å². The molecule has 0 spiro atoms. The second kappa shape index (κ2) is 6.59. The van der Waals surface area contributed by atoms with Gasteiger partial charge in [0, 0.05) is 26.9 Å². The molecule has 0 fully saturated rings. The van der Waals surface area contributed by atoms with Gasteiger partial charge in [0.05, 0.1) is 9.90 Å². The quantitative estimate of drug-likeness (QED) is 0.612. The number of carbonyl (C=O) groups excluding carboxylic acids is 2. The molecule has 3 aromatic rings. The highest BCUT2D eigenvalue weighted by molar-refractivity contribution is 7.19. The van der Waals surface area contributed by atoms with Crippen molar-refractivity contribution >= 4 is 50.6 Å². The van der Waals surface area contributed by atoms with Crippen molar-refractivity contribution in [2.75, 3.05) is 6.54 Å². The molecule has 6 heteroatoms. The van der Waals surface area contributed by atoms with Gasteiger partial charge in [-0.2, -0.15) is 0 Å². The predicted molar refractivity (Wildman–Crippen MR) is 103 cm³/mol. The van der Waals surface area contributed by atoms with Crippen LogP contribution in [0.3, 0.4) is 0 Å².